The van der Waals surface area contributed by atoms with E-state index in [2.05, 4.69) is 10.6 Å². The molecule has 3 aromatic rings. The van der Waals surface area contributed by atoms with Crippen molar-refractivity contribution >= 4 is 23.5 Å². The van der Waals surface area contributed by atoms with Gasteiger partial charge in [0.05, 0.1) is 12.5 Å². The Morgan fingerprint density at radius 3 is 1.88 bits per heavy atom. The van der Waals surface area contributed by atoms with Gasteiger partial charge in [0, 0.05) is 43.9 Å². The molecule has 3 aromatic carbocycles. The number of nitrogens with one attached hydrogen (secondary N) is 2. The third kappa shape index (κ3) is 9.91. The van der Waals surface area contributed by atoms with Gasteiger partial charge in [-0.2, -0.15) is 0 Å². The number of benzene rings is 3. The molecule has 0 saturated carbocycles. The number of hydrogen-bond acceptors (Lipinski definition) is 7. The van der Waals surface area contributed by atoms with Crippen molar-refractivity contribution < 1.29 is 19.2 Å². The lowest BCUT2D eigenvalue weighted by Gasteiger charge is -2.24. The number of aryl methyl sites for hydroxylation is 1. The van der Waals surface area contributed by atoms with Gasteiger partial charge in [-0.15, -0.1) is 0 Å². The van der Waals surface area contributed by atoms with Gasteiger partial charge in [-0.25, -0.2) is 0 Å². The summed E-state index contributed by atoms with van der Waals surface area (Å²) in [4.78, 5) is 53.0. The first kappa shape index (κ1) is 32.1. The van der Waals surface area contributed by atoms with Crippen molar-refractivity contribution in [2.75, 3.05) is 26.2 Å². The number of ketones is 1. The van der Waals surface area contributed by atoms with E-state index in [1.54, 1.807) is 36.4 Å². The molecule has 3 amide bonds. The van der Waals surface area contributed by atoms with Crippen molar-refractivity contribution in [3.8, 4) is 0 Å². The van der Waals surface area contributed by atoms with E-state index in [9.17, 15) is 19.2 Å². The summed E-state index contributed by atoms with van der Waals surface area (Å²) in [5.74, 6) is -1.39. The largest absolute Gasteiger partial charge is 0.350 e. The molecule has 3 rings (SSSR count). The molecule has 0 fully saturated rings. The van der Waals surface area contributed by atoms with Crippen LogP contribution in [0.3, 0.4) is 0 Å². The number of nitrogens with two attached hydrogens (primary N) is 3. The summed E-state index contributed by atoms with van der Waals surface area (Å²) in [5, 5.41) is 5.60. The summed E-state index contributed by atoms with van der Waals surface area (Å²) in [6.45, 7) is 1.36. The topological polar surface area (TPSA) is 174 Å². The highest BCUT2D eigenvalue weighted by Crippen LogP contribution is 2.12. The second kappa shape index (κ2) is 16.8. The van der Waals surface area contributed by atoms with E-state index < -0.39 is 18.0 Å². The SMILES string of the molecule is NCCN(CCN)C(=O)C[C@H](N)C(=O)N[C@@H](CCc1ccccc1)C(=O)NCc1ccc(C(=O)c2ccccc2)cc1. The number of hydrogen-bond donors (Lipinski definition) is 5. The van der Waals surface area contributed by atoms with Crippen molar-refractivity contribution in [1.82, 2.24) is 15.5 Å². The smallest absolute Gasteiger partial charge is 0.242 e. The number of nitrogens with zero attached hydrogens (tertiary/aromatic N) is 1. The van der Waals surface area contributed by atoms with Crippen LogP contribution >= 0.6 is 0 Å². The number of carbonyl (C=O) groups excluding carboxylic acids is 4. The van der Waals surface area contributed by atoms with Crippen LogP contribution in [0, 0.1) is 0 Å². The highest BCUT2D eigenvalue weighted by molar-refractivity contribution is 6.08. The Morgan fingerprint density at radius 1 is 0.714 bits per heavy atom. The Bertz CT molecular complexity index is 1300. The molecule has 42 heavy (non-hydrogen) atoms. The van der Waals surface area contributed by atoms with Crippen LogP contribution in [0.4, 0.5) is 0 Å². The van der Waals surface area contributed by atoms with Crippen molar-refractivity contribution in [3.05, 3.63) is 107 Å². The maximum atomic E-state index is 13.2. The first-order valence-electron chi connectivity index (χ1n) is 14.1. The third-order valence-corrected chi connectivity index (χ3v) is 6.80. The van der Waals surface area contributed by atoms with Crippen molar-refractivity contribution in [1.29, 1.82) is 0 Å². The second-order valence-electron chi connectivity index (χ2n) is 9.96. The van der Waals surface area contributed by atoms with E-state index in [1.807, 2.05) is 48.5 Å². The number of amides is 3. The normalized spacial score (nSPS) is 12.2. The van der Waals surface area contributed by atoms with Crippen LogP contribution in [0.5, 0.6) is 0 Å². The van der Waals surface area contributed by atoms with E-state index in [1.165, 1.54) is 4.90 Å². The molecule has 222 valence electrons. The van der Waals surface area contributed by atoms with Crippen molar-refractivity contribution in [2.24, 2.45) is 17.2 Å². The number of carbonyl (C=O) groups is 4. The highest BCUT2D eigenvalue weighted by Gasteiger charge is 2.26. The average molecular weight is 573 g/mol. The first-order chi connectivity index (χ1) is 20.3. The van der Waals surface area contributed by atoms with Crippen LogP contribution in [0.2, 0.25) is 0 Å². The molecule has 0 spiro atoms. The van der Waals surface area contributed by atoms with Crippen LogP contribution in [-0.4, -0.2) is 66.7 Å². The molecule has 8 N–H and O–H groups in total. The van der Waals surface area contributed by atoms with Gasteiger partial charge in [-0.3, -0.25) is 19.2 Å². The van der Waals surface area contributed by atoms with Gasteiger partial charge in [0.2, 0.25) is 17.7 Å². The lowest BCUT2D eigenvalue weighted by atomic mass is 10.0. The molecule has 0 bridgehead atoms. The molecule has 0 radical (unpaired) electrons. The summed E-state index contributed by atoms with van der Waals surface area (Å²) in [7, 11) is 0. The molecule has 2 atom stereocenters. The van der Waals surface area contributed by atoms with Crippen LogP contribution in [0.1, 0.15) is 39.9 Å². The molecular formula is C32H40N6O4. The molecule has 0 unspecified atom stereocenters. The standard InChI is InChI=1S/C32H40N6O4/c33-17-19-38(20-18-34)29(39)21-27(35)31(41)37-28(16-13-23-7-3-1-4-8-23)32(42)36-22-24-11-14-26(15-12-24)30(40)25-9-5-2-6-10-25/h1-12,14-15,27-28H,13,16-22,33-35H2,(H,36,42)(H,37,41)/t27-,28-/m0/s1. The van der Waals surface area contributed by atoms with Crippen LogP contribution < -0.4 is 27.8 Å². The van der Waals surface area contributed by atoms with Gasteiger partial charge < -0.3 is 32.7 Å². The molecule has 0 aliphatic heterocycles. The molecule has 10 nitrogen and oxygen atoms in total. The van der Waals surface area contributed by atoms with Gasteiger partial charge in [-0.1, -0.05) is 84.9 Å². The summed E-state index contributed by atoms with van der Waals surface area (Å²) in [6, 6.07) is 23.6. The zero-order chi connectivity index (χ0) is 30.3. The van der Waals surface area contributed by atoms with Gasteiger partial charge in [0.15, 0.2) is 5.78 Å². The molecule has 0 heterocycles. The van der Waals surface area contributed by atoms with Gasteiger partial charge >= 0.3 is 0 Å². The van der Waals surface area contributed by atoms with E-state index >= 15 is 0 Å². The van der Waals surface area contributed by atoms with Gasteiger partial charge in [0.1, 0.15) is 6.04 Å². The lowest BCUT2D eigenvalue weighted by molar-refractivity contribution is -0.135. The summed E-state index contributed by atoms with van der Waals surface area (Å²) < 4.78 is 0. The van der Waals surface area contributed by atoms with E-state index in [0.717, 1.165) is 11.1 Å². The van der Waals surface area contributed by atoms with Crippen LogP contribution in [0.15, 0.2) is 84.9 Å². The van der Waals surface area contributed by atoms with Gasteiger partial charge in [-0.05, 0) is 24.0 Å². The first-order valence-corrected chi connectivity index (χ1v) is 14.1. The monoisotopic (exact) mass is 572 g/mol. The van der Waals surface area contributed by atoms with E-state index in [4.69, 9.17) is 17.2 Å². The lowest BCUT2D eigenvalue weighted by Crippen LogP contribution is -2.53. The summed E-state index contributed by atoms with van der Waals surface area (Å²) in [6.07, 6.45) is 0.649. The molecule has 10 heteroatoms. The zero-order valence-electron chi connectivity index (χ0n) is 23.7. The maximum Gasteiger partial charge on any atom is 0.242 e. The minimum absolute atomic E-state index is 0.0844. The Hall–Kier alpha value is -4.38. The van der Waals surface area contributed by atoms with E-state index in [-0.39, 0.29) is 43.7 Å². The Labute approximate surface area is 246 Å². The van der Waals surface area contributed by atoms with Crippen LogP contribution in [-0.2, 0) is 27.3 Å². The molecule has 0 aromatic heterocycles. The molecule has 0 aliphatic rings. The fraction of sp³-hybridized carbons (Fsp3) is 0.312. The molecule has 0 aliphatic carbocycles. The average Bonchev–Trinajstić information content (AvgIpc) is 3.02. The zero-order valence-corrected chi connectivity index (χ0v) is 23.7. The minimum Gasteiger partial charge on any atom is -0.350 e. The number of rotatable bonds is 16. The predicted octanol–water partition coefficient (Wildman–Crippen LogP) is 1.11. The van der Waals surface area contributed by atoms with Crippen molar-refractivity contribution in [2.45, 2.75) is 37.9 Å². The highest BCUT2D eigenvalue weighted by atomic mass is 16.2. The van der Waals surface area contributed by atoms with E-state index in [0.29, 0.717) is 37.1 Å². The Kier molecular flexibility index (Phi) is 12.8. The third-order valence-electron chi connectivity index (χ3n) is 6.80. The minimum atomic E-state index is -1.14. The maximum absolute atomic E-state index is 13.2. The van der Waals surface area contributed by atoms with Crippen LogP contribution in [0.25, 0.3) is 0 Å². The van der Waals surface area contributed by atoms with Crippen molar-refractivity contribution in [3.63, 3.8) is 0 Å². The second-order valence-corrected chi connectivity index (χ2v) is 9.96. The Balaban J connectivity index is 1.62. The molecule has 0 saturated heterocycles. The molecular weight excluding hydrogens is 532 g/mol. The predicted molar refractivity (Wildman–Crippen MR) is 162 cm³/mol. The quantitative estimate of drug-likeness (QED) is 0.160. The van der Waals surface area contributed by atoms with Gasteiger partial charge in [0.25, 0.3) is 0 Å². The Morgan fingerprint density at radius 2 is 1.29 bits per heavy atom. The summed E-state index contributed by atoms with van der Waals surface area (Å²) >= 11 is 0. The fourth-order valence-corrected chi connectivity index (χ4v) is 4.43. The summed E-state index contributed by atoms with van der Waals surface area (Å²) in [5.41, 5.74) is 20.2. The fourth-order valence-electron chi connectivity index (χ4n) is 4.43.